The summed E-state index contributed by atoms with van der Waals surface area (Å²) in [5.74, 6) is -5.50. The predicted molar refractivity (Wildman–Crippen MR) is 241 cm³/mol. The van der Waals surface area contributed by atoms with E-state index < -0.39 is 23.9 Å². The molecule has 0 fully saturated rings. The summed E-state index contributed by atoms with van der Waals surface area (Å²) in [5.41, 5.74) is -0.387. The molecule has 0 aliphatic heterocycles. The zero-order valence-corrected chi connectivity index (χ0v) is 38.7. The van der Waals surface area contributed by atoms with Crippen molar-refractivity contribution in [1.82, 2.24) is 0 Å². The van der Waals surface area contributed by atoms with Crippen molar-refractivity contribution in [3.63, 3.8) is 0 Å². The molecular weight excluding hydrogens is 1090 g/mol. The van der Waals surface area contributed by atoms with Gasteiger partial charge in [0.1, 0.15) is 45.3 Å². The number of halogens is 4. The predicted octanol–water partition coefficient (Wildman–Crippen LogP) is 12.0. The maximum Gasteiger partial charge on any atom is 0.339 e. The van der Waals surface area contributed by atoms with Crippen molar-refractivity contribution in [2.24, 2.45) is 0 Å². The monoisotopic (exact) mass is 1110 g/mol. The van der Waals surface area contributed by atoms with Gasteiger partial charge in [-0.2, -0.15) is 0 Å². The number of aromatic hydroxyl groups is 4. The van der Waals surface area contributed by atoms with Gasteiger partial charge in [0.15, 0.2) is 0 Å². The minimum Gasteiger partial charge on any atom is -0.506 e. The average Bonchev–Trinajstić information content (AvgIpc) is 3.23. The molecule has 0 aliphatic carbocycles. The van der Waals surface area contributed by atoms with E-state index >= 15 is 0 Å². The first-order valence-corrected chi connectivity index (χ1v) is 20.2. The number of carboxylic acids is 4. The zero-order valence-electron chi connectivity index (χ0n) is 30.8. The first-order chi connectivity index (χ1) is 28.4. The number of benzene rings is 8. The molecule has 0 saturated carbocycles. The van der Waals surface area contributed by atoms with E-state index in [0.717, 1.165) is 43.1 Å². The van der Waals surface area contributed by atoms with Gasteiger partial charge in [-0.15, -0.1) is 0 Å². The van der Waals surface area contributed by atoms with E-state index in [4.69, 9.17) is 20.4 Å². The number of carboxylic acid groups (broad SMARTS) is 4. The molecule has 8 aromatic carbocycles. The third kappa shape index (κ3) is 10.7. The van der Waals surface area contributed by atoms with Crippen LogP contribution < -0.4 is 0 Å². The fraction of sp³-hybridized carbons (Fsp3) is 0. The number of hydrogen-bond donors (Lipinski definition) is 8. The SMILES string of the molecule is O=C(O)c1cc2ccccc2c(Br)c1O.O=C(O)c1cc2ccccc2c(Br)c1O.O=C(O)c1cc2ccccc2c(Br)c1O.O=C(O)c1cc2ccccc2c(Br)c1O.[Ti]. The maximum absolute atomic E-state index is 10.8. The summed E-state index contributed by atoms with van der Waals surface area (Å²) >= 11 is 12.7. The summed E-state index contributed by atoms with van der Waals surface area (Å²) in [6.07, 6.45) is 0. The summed E-state index contributed by atoms with van der Waals surface area (Å²) in [6, 6.07) is 34.8. The third-order valence-corrected chi connectivity index (χ3v) is 12.0. The number of rotatable bonds is 4. The van der Waals surface area contributed by atoms with Gasteiger partial charge < -0.3 is 40.9 Å². The van der Waals surface area contributed by atoms with E-state index in [1.165, 1.54) is 24.3 Å². The zero-order chi connectivity index (χ0) is 44.0. The second-order valence-electron chi connectivity index (χ2n) is 12.5. The van der Waals surface area contributed by atoms with Crippen molar-refractivity contribution in [2.75, 3.05) is 0 Å². The molecule has 0 radical (unpaired) electrons. The van der Waals surface area contributed by atoms with Crippen LogP contribution in [0, 0.1) is 0 Å². The van der Waals surface area contributed by atoms with Crippen LogP contribution in [0.25, 0.3) is 43.1 Å². The molecule has 0 atom stereocenters. The minimum absolute atomic E-state index is 0. The second kappa shape index (κ2) is 20.9. The molecule has 0 bridgehead atoms. The standard InChI is InChI=1S/4C11H7BrO3.Ti/c4*12-9-7-4-2-1-3-6(7)5-8(10(9)13)11(14)15;/h4*1-5,13H,(H,14,15);. The number of aromatic carboxylic acids is 4. The van der Waals surface area contributed by atoms with Crippen LogP contribution in [-0.2, 0) is 21.7 Å². The number of fused-ring (bicyclic) bond motifs is 4. The van der Waals surface area contributed by atoms with E-state index in [-0.39, 0.29) is 67.0 Å². The second-order valence-corrected chi connectivity index (χ2v) is 15.6. The molecule has 0 unspecified atom stereocenters. The van der Waals surface area contributed by atoms with Gasteiger partial charge in [0.05, 0.1) is 17.9 Å². The van der Waals surface area contributed by atoms with Crippen molar-refractivity contribution in [2.45, 2.75) is 0 Å². The molecule has 0 spiro atoms. The molecule has 0 amide bonds. The Kier molecular flexibility index (Phi) is 16.5. The normalized spacial score (nSPS) is 10.3. The molecule has 17 heteroatoms. The Bertz CT molecular complexity index is 2610. The van der Waals surface area contributed by atoms with E-state index in [0.29, 0.717) is 17.9 Å². The Morgan fingerprint density at radius 3 is 0.656 bits per heavy atom. The van der Waals surface area contributed by atoms with Crippen LogP contribution >= 0.6 is 63.7 Å². The summed E-state index contributed by atoms with van der Waals surface area (Å²) in [6.45, 7) is 0. The molecule has 308 valence electrons. The van der Waals surface area contributed by atoms with Crippen LogP contribution in [0.5, 0.6) is 23.0 Å². The molecule has 12 nitrogen and oxygen atoms in total. The number of phenols is 4. The Labute approximate surface area is 393 Å². The van der Waals surface area contributed by atoms with Crippen LogP contribution in [0.1, 0.15) is 41.4 Å². The van der Waals surface area contributed by atoms with Gasteiger partial charge in [-0.25, -0.2) is 19.2 Å². The third-order valence-electron chi connectivity index (χ3n) is 8.76. The van der Waals surface area contributed by atoms with Crippen LogP contribution in [0.2, 0.25) is 0 Å². The van der Waals surface area contributed by atoms with Crippen molar-refractivity contribution >= 4 is 131 Å². The fourth-order valence-corrected chi connectivity index (χ4v) is 8.12. The largest absolute Gasteiger partial charge is 0.506 e. The summed E-state index contributed by atoms with van der Waals surface area (Å²) in [5, 5.41) is 80.3. The average molecular weight is 1120 g/mol. The van der Waals surface area contributed by atoms with Crippen molar-refractivity contribution in [3.8, 4) is 23.0 Å². The van der Waals surface area contributed by atoms with Crippen LogP contribution in [0.15, 0.2) is 139 Å². The van der Waals surface area contributed by atoms with Crippen LogP contribution in [0.4, 0.5) is 0 Å². The van der Waals surface area contributed by atoms with Gasteiger partial charge in [0.2, 0.25) is 0 Å². The van der Waals surface area contributed by atoms with E-state index in [1.54, 1.807) is 24.3 Å². The minimum atomic E-state index is -1.14. The molecule has 0 aliphatic rings. The van der Waals surface area contributed by atoms with Crippen molar-refractivity contribution in [3.05, 3.63) is 161 Å². The topological polar surface area (TPSA) is 230 Å². The van der Waals surface area contributed by atoms with Gasteiger partial charge >= 0.3 is 23.9 Å². The molecule has 0 saturated heterocycles. The number of carbonyl (C=O) groups is 4. The van der Waals surface area contributed by atoms with Gasteiger partial charge in [-0.05, 0) is 131 Å². The summed E-state index contributed by atoms with van der Waals surface area (Å²) in [4.78, 5) is 43.3. The van der Waals surface area contributed by atoms with Crippen molar-refractivity contribution < 1.29 is 81.7 Å². The Morgan fingerprint density at radius 1 is 0.328 bits per heavy atom. The van der Waals surface area contributed by atoms with E-state index in [9.17, 15) is 39.6 Å². The smallest absolute Gasteiger partial charge is 0.339 e. The molecule has 8 aromatic rings. The van der Waals surface area contributed by atoms with Gasteiger partial charge in [0.25, 0.3) is 0 Å². The summed E-state index contributed by atoms with van der Waals surface area (Å²) < 4.78 is 1.66. The van der Waals surface area contributed by atoms with Gasteiger partial charge in [-0.3, -0.25) is 0 Å². The van der Waals surface area contributed by atoms with Crippen LogP contribution in [-0.4, -0.2) is 64.7 Å². The molecule has 61 heavy (non-hydrogen) atoms. The van der Waals surface area contributed by atoms with E-state index in [1.807, 2.05) is 72.8 Å². The van der Waals surface area contributed by atoms with Gasteiger partial charge in [0, 0.05) is 21.7 Å². The summed E-state index contributed by atoms with van der Waals surface area (Å²) in [7, 11) is 0. The quantitative estimate of drug-likeness (QED) is 0.0770. The maximum atomic E-state index is 10.8. The molecule has 8 N–H and O–H groups in total. The van der Waals surface area contributed by atoms with E-state index in [2.05, 4.69) is 63.7 Å². The van der Waals surface area contributed by atoms with Crippen molar-refractivity contribution in [1.29, 1.82) is 0 Å². The Morgan fingerprint density at radius 2 is 0.492 bits per heavy atom. The van der Waals surface area contributed by atoms with Crippen LogP contribution in [0.3, 0.4) is 0 Å². The van der Waals surface area contributed by atoms with Gasteiger partial charge in [-0.1, -0.05) is 97.1 Å². The Hall–Kier alpha value is -5.49. The molecular formula is C44H28Br4O12Ti. The first kappa shape index (κ1) is 48.2. The number of hydrogen-bond acceptors (Lipinski definition) is 8. The Balaban J connectivity index is 0.000000178. The molecule has 0 heterocycles. The first-order valence-electron chi connectivity index (χ1n) is 17.0. The molecule has 0 aromatic heterocycles. The fourth-order valence-electron chi connectivity index (χ4n) is 5.82. The molecule has 8 rings (SSSR count).